The summed E-state index contributed by atoms with van der Waals surface area (Å²) in [7, 11) is 0. The third-order valence-corrected chi connectivity index (χ3v) is 4.67. The Morgan fingerprint density at radius 1 is 1.21 bits per heavy atom. The summed E-state index contributed by atoms with van der Waals surface area (Å²) < 4.78 is 2.02. The van der Waals surface area contributed by atoms with Crippen LogP contribution in [0.25, 0.3) is 11.2 Å². The van der Waals surface area contributed by atoms with E-state index in [2.05, 4.69) is 20.3 Å². The van der Waals surface area contributed by atoms with Gasteiger partial charge in [0, 0.05) is 12.1 Å². The third kappa shape index (κ3) is 2.85. The topological polar surface area (TPSA) is 72.7 Å². The number of aromatic nitrogens is 4. The van der Waals surface area contributed by atoms with Crippen LogP contribution in [0, 0.1) is 0 Å². The molecule has 0 saturated heterocycles. The number of nitrogens with zero attached hydrogens (tertiary/aromatic N) is 4. The van der Waals surface area contributed by atoms with Gasteiger partial charge in [-0.2, -0.15) is 0 Å². The maximum atomic E-state index is 12.1. The number of benzene rings is 1. The van der Waals surface area contributed by atoms with Gasteiger partial charge in [-0.25, -0.2) is 15.0 Å². The number of imidazole rings is 1. The molecule has 1 aliphatic carbocycles. The number of carbonyl (C=O) groups excluding carboxylic acids is 1. The zero-order valence-corrected chi connectivity index (χ0v) is 13.6. The van der Waals surface area contributed by atoms with Crippen LogP contribution in [-0.2, 0) is 11.2 Å². The van der Waals surface area contributed by atoms with E-state index in [9.17, 15) is 4.79 Å². The second-order valence-electron chi connectivity index (χ2n) is 6.04. The van der Waals surface area contributed by atoms with Crippen molar-refractivity contribution in [1.82, 2.24) is 24.8 Å². The highest BCUT2D eigenvalue weighted by Crippen LogP contribution is 2.34. The fourth-order valence-corrected chi connectivity index (χ4v) is 3.26. The number of halogens is 1. The van der Waals surface area contributed by atoms with E-state index >= 15 is 0 Å². The molecule has 24 heavy (non-hydrogen) atoms. The predicted octanol–water partition coefficient (Wildman–Crippen LogP) is 2.54. The van der Waals surface area contributed by atoms with Crippen LogP contribution in [0.1, 0.15) is 24.4 Å². The van der Waals surface area contributed by atoms with Gasteiger partial charge in [-0.1, -0.05) is 41.9 Å². The third-order valence-electron chi connectivity index (χ3n) is 4.39. The van der Waals surface area contributed by atoms with Gasteiger partial charge in [-0.05, 0) is 18.4 Å². The Labute approximate surface area is 143 Å². The molecule has 0 radical (unpaired) electrons. The molecule has 0 unspecified atom stereocenters. The van der Waals surface area contributed by atoms with Crippen molar-refractivity contribution in [3.8, 4) is 0 Å². The molecule has 1 aromatic carbocycles. The lowest BCUT2D eigenvalue weighted by molar-refractivity contribution is -0.121. The summed E-state index contributed by atoms with van der Waals surface area (Å²) >= 11 is 6.03. The number of hydrogen-bond donors (Lipinski definition) is 1. The first-order chi connectivity index (χ1) is 11.7. The first-order valence-corrected chi connectivity index (χ1v) is 8.25. The second kappa shape index (κ2) is 6.20. The van der Waals surface area contributed by atoms with E-state index in [1.807, 2.05) is 34.9 Å². The van der Waals surface area contributed by atoms with Crippen molar-refractivity contribution in [2.75, 3.05) is 0 Å². The molecule has 1 saturated carbocycles. The van der Waals surface area contributed by atoms with Gasteiger partial charge in [0.15, 0.2) is 10.8 Å². The Bertz CT molecular complexity index is 873. The van der Waals surface area contributed by atoms with Gasteiger partial charge in [0.25, 0.3) is 0 Å². The molecule has 0 aliphatic heterocycles. The van der Waals surface area contributed by atoms with Crippen molar-refractivity contribution < 1.29 is 4.79 Å². The highest BCUT2D eigenvalue weighted by molar-refractivity contribution is 6.33. The number of nitrogens with one attached hydrogen (secondary N) is 1. The summed E-state index contributed by atoms with van der Waals surface area (Å²) in [6.45, 7) is 0. The lowest BCUT2D eigenvalue weighted by Crippen LogP contribution is -2.45. The van der Waals surface area contributed by atoms with Crippen molar-refractivity contribution in [3.63, 3.8) is 0 Å². The van der Waals surface area contributed by atoms with Crippen molar-refractivity contribution in [3.05, 3.63) is 53.7 Å². The monoisotopic (exact) mass is 341 g/mol. The van der Waals surface area contributed by atoms with Crippen LogP contribution in [0.3, 0.4) is 0 Å². The quantitative estimate of drug-likeness (QED) is 0.740. The minimum Gasteiger partial charge on any atom is -0.353 e. The normalized spacial score (nSPS) is 19.9. The largest absolute Gasteiger partial charge is 0.353 e. The average Bonchev–Trinajstić information content (AvgIpc) is 2.96. The zero-order chi connectivity index (χ0) is 16.5. The first-order valence-electron chi connectivity index (χ1n) is 7.87. The van der Waals surface area contributed by atoms with E-state index in [1.165, 1.54) is 6.33 Å². The van der Waals surface area contributed by atoms with Crippen LogP contribution in [0.15, 0.2) is 43.0 Å². The van der Waals surface area contributed by atoms with Crippen LogP contribution < -0.4 is 5.32 Å². The summed E-state index contributed by atoms with van der Waals surface area (Å²) in [5.74, 6) is 0.0607. The predicted molar refractivity (Wildman–Crippen MR) is 90.7 cm³/mol. The average molecular weight is 342 g/mol. The smallest absolute Gasteiger partial charge is 0.224 e. The summed E-state index contributed by atoms with van der Waals surface area (Å²) in [4.78, 5) is 24.6. The molecule has 6 nitrogen and oxygen atoms in total. The summed E-state index contributed by atoms with van der Waals surface area (Å²) in [6, 6.07) is 10.2. The molecule has 1 amide bonds. The van der Waals surface area contributed by atoms with Gasteiger partial charge in [-0.15, -0.1) is 0 Å². The molecular weight excluding hydrogens is 326 g/mol. The number of amides is 1. The van der Waals surface area contributed by atoms with Crippen LogP contribution in [-0.4, -0.2) is 31.5 Å². The minimum atomic E-state index is 0.0607. The highest BCUT2D eigenvalue weighted by Gasteiger charge is 2.32. The number of hydrogen-bond acceptors (Lipinski definition) is 4. The van der Waals surface area contributed by atoms with Crippen LogP contribution >= 0.6 is 11.6 Å². The molecule has 3 aromatic rings. The molecule has 7 heteroatoms. The minimum absolute atomic E-state index is 0.0607. The van der Waals surface area contributed by atoms with Gasteiger partial charge in [0.05, 0.1) is 12.7 Å². The summed E-state index contributed by atoms with van der Waals surface area (Å²) in [5.41, 5.74) is 2.39. The molecule has 122 valence electrons. The van der Waals surface area contributed by atoms with Crippen molar-refractivity contribution in [1.29, 1.82) is 0 Å². The van der Waals surface area contributed by atoms with Gasteiger partial charge < -0.3 is 9.88 Å². The number of carbonyl (C=O) groups is 1. The molecule has 2 heterocycles. The first kappa shape index (κ1) is 15.1. The van der Waals surface area contributed by atoms with E-state index in [4.69, 9.17) is 11.6 Å². The maximum Gasteiger partial charge on any atom is 0.224 e. The Kier molecular flexibility index (Phi) is 3.90. The second-order valence-corrected chi connectivity index (χ2v) is 6.40. The van der Waals surface area contributed by atoms with E-state index < -0.39 is 0 Å². The Hall–Kier alpha value is -2.47. The van der Waals surface area contributed by atoms with E-state index in [0.29, 0.717) is 17.1 Å². The van der Waals surface area contributed by atoms with Crippen molar-refractivity contribution in [2.45, 2.75) is 31.3 Å². The highest BCUT2D eigenvalue weighted by atomic mass is 35.5. The number of fused-ring (bicyclic) bond motifs is 1. The Morgan fingerprint density at radius 3 is 2.79 bits per heavy atom. The number of rotatable bonds is 4. The molecular formula is C17H16ClN5O. The van der Waals surface area contributed by atoms with Gasteiger partial charge in [-0.3, -0.25) is 4.79 Å². The molecule has 1 N–H and O–H groups in total. The molecule has 1 aliphatic rings. The fraction of sp³-hybridized carbons (Fsp3) is 0.294. The molecule has 1 fully saturated rings. The fourth-order valence-electron chi connectivity index (χ4n) is 3.08. The Morgan fingerprint density at radius 2 is 2.00 bits per heavy atom. The zero-order valence-electron chi connectivity index (χ0n) is 12.9. The molecule has 0 spiro atoms. The van der Waals surface area contributed by atoms with E-state index in [-0.39, 0.29) is 18.0 Å². The Balaban J connectivity index is 1.36. The van der Waals surface area contributed by atoms with Gasteiger partial charge in [0.1, 0.15) is 11.8 Å². The van der Waals surface area contributed by atoms with Crippen molar-refractivity contribution in [2.24, 2.45) is 0 Å². The SMILES string of the molecule is O=C(Cc1ccccc1)NC1CC(n2cnc3c(Cl)ncnc32)C1. The summed E-state index contributed by atoms with van der Waals surface area (Å²) in [6.07, 6.45) is 5.35. The lowest BCUT2D eigenvalue weighted by Gasteiger charge is -2.36. The van der Waals surface area contributed by atoms with Crippen molar-refractivity contribution >= 4 is 28.7 Å². The molecule has 4 rings (SSSR count). The molecule has 0 bridgehead atoms. The van der Waals surface area contributed by atoms with Crippen LogP contribution in [0.2, 0.25) is 5.15 Å². The maximum absolute atomic E-state index is 12.1. The molecule has 0 atom stereocenters. The van der Waals surface area contributed by atoms with Crippen LogP contribution in [0.5, 0.6) is 0 Å². The van der Waals surface area contributed by atoms with E-state index in [0.717, 1.165) is 24.1 Å². The molecule has 2 aromatic heterocycles. The standard InChI is InChI=1S/C17H16ClN5O/c18-16-15-17(20-9-19-16)23(10-21-15)13-7-12(8-13)22-14(24)6-11-4-2-1-3-5-11/h1-5,9-10,12-13H,6-8H2,(H,22,24). The van der Waals surface area contributed by atoms with Gasteiger partial charge >= 0.3 is 0 Å². The summed E-state index contributed by atoms with van der Waals surface area (Å²) in [5, 5.41) is 3.45. The van der Waals surface area contributed by atoms with Gasteiger partial charge in [0.2, 0.25) is 5.91 Å². The van der Waals surface area contributed by atoms with Crippen LogP contribution in [0.4, 0.5) is 0 Å². The lowest BCUT2D eigenvalue weighted by atomic mass is 9.86. The van der Waals surface area contributed by atoms with E-state index in [1.54, 1.807) is 6.33 Å².